The molecule has 3 nitrogen and oxygen atoms in total. The first-order chi connectivity index (χ1) is 5.77. The first-order valence-electron chi connectivity index (χ1n) is 4.72. The van der Waals surface area contributed by atoms with Crippen LogP contribution < -0.4 is 0 Å². The monoisotopic (exact) mass is 169 g/mol. The van der Waals surface area contributed by atoms with Crippen LogP contribution in [-0.4, -0.2) is 41.0 Å². The Morgan fingerprint density at radius 3 is 3.08 bits per heavy atom. The maximum absolute atomic E-state index is 11.2. The van der Waals surface area contributed by atoms with Gasteiger partial charge in [-0.15, -0.1) is 0 Å². The molecule has 2 unspecified atom stereocenters. The fraction of sp³-hybridized carbons (Fsp3) is 0.889. The van der Waals surface area contributed by atoms with Crippen molar-refractivity contribution in [3.63, 3.8) is 0 Å². The van der Waals surface area contributed by atoms with Gasteiger partial charge in [0.05, 0.1) is 0 Å². The molecule has 0 aliphatic carbocycles. The molecule has 0 radical (unpaired) electrons. The van der Waals surface area contributed by atoms with Gasteiger partial charge in [0.2, 0.25) is 0 Å². The molecule has 0 aromatic carbocycles. The van der Waals surface area contributed by atoms with Crippen LogP contribution in [0.15, 0.2) is 0 Å². The first kappa shape index (κ1) is 8.20. The zero-order chi connectivity index (χ0) is 8.55. The summed E-state index contributed by atoms with van der Waals surface area (Å²) in [5.41, 5.74) is 0. The Labute approximate surface area is 72.4 Å². The lowest BCUT2D eigenvalue weighted by Gasteiger charge is -2.40. The molecule has 0 amide bonds. The number of hydrogen-bond acceptors (Lipinski definition) is 3. The predicted octanol–water partition coefficient (Wildman–Crippen LogP) is 0.175. The number of carbonyl (C=O) groups excluding carboxylic acids is 1. The first-order valence-corrected chi connectivity index (χ1v) is 4.72. The average molecular weight is 169 g/mol. The number of fused-ring (bicyclic) bond motifs is 1. The van der Waals surface area contributed by atoms with Gasteiger partial charge in [0.25, 0.3) is 0 Å². The molecule has 1 N–H and O–H groups in total. The highest BCUT2D eigenvalue weighted by molar-refractivity contribution is 5.84. The second-order valence-corrected chi connectivity index (χ2v) is 3.83. The number of aliphatic hydroxyl groups is 1. The molecule has 2 aliphatic heterocycles. The van der Waals surface area contributed by atoms with E-state index in [1.54, 1.807) is 0 Å². The van der Waals surface area contributed by atoms with E-state index in [1.807, 2.05) is 0 Å². The van der Waals surface area contributed by atoms with Gasteiger partial charge in [0.1, 0.15) is 6.10 Å². The third kappa shape index (κ3) is 1.39. The Bertz CT molecular complexity index is 193. The lowest BCUT2D eigenvalue weighted by molar-refractivity contribution is -0.134. The molecule has 2 saturated heterocycles. The molecule has 0 saturated carbocycles. The highest BCUT2D eigenvalue weighted by Gasteiger charge is 2.33. The lowest BCUT2D eigenvalue weighted by Crippen LogP contribution is -2.52. The van der Waals surface area contributed by atoms with E-state index in [0.29, 0.717) is 19.0 Å². The number of ketones is 1. The maximum Gasteiger partial charge on any atom is 0.164 e. The van der Waals surface area contributed by atoms with Gasteiger partial charge in [-0.3, -0.25) is 9.69 Å². The number of hydrogen-bond donors (Lipinski definition) is 1. The van der Waals surface area contributed by atoms with Crippen LogP contribution in [0.2, 0.25) is 0 Å². The normalized spacial score (nSPS) is 37.9. The minimum Gasteiger partial charge on any atom is -0.384 e. The van der Waals surface area contributed by atoms with Crippen molar-refractivity contribution < 1.29 is 9.90 Å². The van der Waals surface area contributed by atoms with Crippen molar-refractivity contribution in [3.05, 3.63) is 0 Å². The largest absolute Gasteiger partial charge is 0.384 e. The van der Waals surface area contributed by atoms with Gasteiger partial charge in [-0.2, -0.15) is 0 Å². The summed E-state index contributed by atoms with van der Waals surface area (Å²) < 4.78 is 0. The summed E-state index contributed by atoms with van der Waals surface area (Å²) in [5.74, 6) is 0.0400. The molecule has 0 spiro atoms. The van der Waals surface area contributed by atoms with Crippen LogP contribution in [0.3, 0.4) is 0 Å². The molecule has 3 heteroatoms. The highest BCUT2D eigenvalue weighted by atomic mass is 16.3. The van der Waals surface area contributed by atoms with E-state index in [1.165, 1.54) is 12.8 Å². The minimum atomic E-state index is -0.709. The molecule has 12 heavy (non-hydrogen) atoms. The van der Waals surface area contributed by atoms with Gasteiger partial charge in [0, 0.05) is 19.0 Å². The van der Waals surface area contributed by atoms with Crippen LogP contribution in [0.25, 0.3) is 0 Å². The smallest absolute Gasteiger partial charge is 0.164 e. The summed E-state index contributed by atoms with van der Waals surface area (Å²) in [6.07, 6.45) is 3.46. The molecule has 2 rings (SSSR count). The third-order valence-corrected chi connectivity index (χ3v) is 2.96. The van der Waals surface area contributed by atoms with Crippen LogP contribution in [0.4, 0.5) is 0 Å². The van der Waals surface area contributed by atoms with Crippen molar-refractivity contribution in [2.75, 3.05) is 13.1 Å². The van der Waals surface area contributed by atoms with E-state index >= 15 is 0 Å². The quantitative estimate of drug-likeness (QED) is 0.562. The highest BCUT2D eigenvalue weighted by Crippen LogP contribution is 2.24. The fourth-order valence-electron chi connectivity index (χ4n) is 2.22. The Morgan fingerprint density at radius 1 is 1.42 bits per heavy atom. The summed E-state index contributed by atoms with van der Waals surface area (Å²) in [7, 11) is 0. The van der Waals surface area contributed by atoms with Crippen LogP contribution in [0, 0.1) is 0 Å². The minimum absolute atomic E-state index is 0.0400. The number of nitrogens with zero attached hydrogens (tertiary/aromatic N) is 1. The SMILES string of the molecule is O=C1CC2CCCCN2CC1O. The number of piperidine rings is 2. The molecule has 0 bridgehead atoms. The molecule has 2 atom stereocenters. The standard InChI is InChI=1S/C9H15NO2/c11-8-5-7-3-1-2-4-10(7)6-9(8)12/h7,9,12H,1-6H2. The zero-order valence-corrected chi connectivity index (χ0v) is 7.20. The van der Waals surface area contributed by atoms with Crippen LogP contribution in [-0.2, 0) is 4.79 Å². The van der Waals surface area contributed by atoms with Crippen molar-refractivity contribution in [1.82, 2.24) is 4.90 Å². The molecule has 2 heterocycles. The molecule has 2 aliphatic rings. The molecular formula is C9H15NO2. The van der Waals surface area contributed by atoms with Crippen molar-refractivity contribution in [3.8, 4) is 0 Å². The summed E-state index contributed by atoms with van der Waals surface area (Å²) in [6, 6.07) is 0.439. The van der Waals surface area contributed by atoms with E-state index in [0.717, 1.165) is 13.0 Å². The Balaban J connectivity index is 2.02. The van der Waals surface area contributed by atoms with E-state index < -0.39 is 6.10 Å². The van der Waals surface area contributed by atoms with E-state index in [2.05, 4.69) is 4.90 Å². The summed E-state index contributed by atoms with van der Waals surface area (Å²) in [5, 5.41) is 9.33. The zero-order valence-electron chi connectivity index (χ0n) is 7.20. The van der Waals surface area contributed by atoms with Crippen LogP contribution in [0.5, 0.6) is 0 Å². The van der Waals surface area contributed by atoms with E-state index in [4.69, 9.17) is 0 Å². The number of Topliss-reactive ketones (excluding diaryl/α,β-unsaturated/α-hetero) is 1. The van der Waals surface area contributed by atoms with Crippen LogP contribution >= 0.6 is 0 Å². The molecule has 0 aromatic rings. The number of carbonyl (C=O) groups is 1. The van der Waals surface area contributed by atoms with Crippen LogP contribution in [0.1, 0.15) is 25.7 Å². The number of rotatable bonds is 0. The topological polar surface area (TPSA) is 40.5 Å². The lowest BCUT2D eigenvalue weighted by atomic mass is 9.91. The Kier molecular flexibility index (Phi) is 2.15. The summed E-state index contributed by atoms with van der Waals surface area (Å²) in [6.45, 7) is 1.64. The Morgan fingerprint density at radius 2 is 2.25 bits per heavy atom. The molecular weight excluding hydrogens is 154 g/mol. The van der Waals surface area contributed by atoms with E-state index in [9.17, 15) is 9.90 Å². The average Bonchev–Trinajstić information content (AvgIpc) is 2.07. The van der Waals surface area contributed by atoms with Crippen molar-refractivity contribution in [2.45, 2.75) is 37.8 Å². The van der Waals surface area contributed by atoms with E-state index in [-0.39, 0.29) is 5.78 Å². The van der Waals surface area contributed by atoms with Gasteiger partial charge in [-0.25, -0.2) is 0 Å². The second kappa shape index (κ2) is 3.15. The molecule has 68 valence electrons. The molecule has 0 aromatic heterocycles. The van der Waals surface area contributed by atoms with Gasteiger partial charge >= 0.3 is 0 Å². The van der Waals surface area contributed by atoms with Crippen molar-refractivity contribution >= 4 is 5.78 Å². The van der Waals surface area contributed by atoms with Crippen molar-refractivity contribution in [2.24, 2.45) is 0 Å². The van der Waals surface area contributed by atoms with Gasteiger partial charge in [-0.1, -0.05) is 6.42 Å². The predicted molar refractivity (Wildman–Crippen MR) is 44.8 cm³/mol. The maximum atomic E-state index is 11.2. The Hall–Kier alpha value is -0.410. The van der Waals surface area contributed by atoms with Gasteiger partial charge in [-0.05, 0) is 19.4 Å². The second-order valence-electron chi connectivity index (χ2n) is 3.83. The third-order valence-electron chi connectivity index (χ3n) is 2.96. The number of aliphatic hydroxyl groups excluding tert-OH is 1. The summed E-state index contributed by atoms with van der Waals surface area (Å²) in [4.78, 5) is 13.4. The summed E-state index contributed by atoms with van der Waals surface area (Å²) >= 11 is 0. The fourth-order valence-corrected chi connectivity index (χ4v) is 2.22. The van der Waals surface area contributed by atoms with Gasteiger partial charge < -0.3 is 5.11 Å². The molecule has 2 fully saturated rings. The van der Waals surface area contributed by atoms with Crippen molar-refractivity contribution in [1.29, 1.82) is 0 Å². The van der Waals surface area contributed by atoms with Gasteiger partial charge in [0.15, 0.2) is 5.78 Å².